The molecule has 7 aromatic carbocycles. The molecule has 9 aromatic rings. The molecule has 0 aliphatic heterocycles. The van der Waals surface area contributed by atoms with Crippen LogP contribution in [0.4, 0.5) is 5.69 Å². The second kappa shape index (κ2) is 12.5. The van der Waals surface area contributed by atoms with Crippen LogP contribution in [-0.2, 0) is 32.7 Å². The van der Waals surface area contributed by atoms with Crippen molar-refractivity contribution in [1.82, 2.24) is 4.98 Å². The number of fused-ring (bicyclic) bond motifs is 7. The number of nitrogens with zero attached hydrogens (tertiary/aromatic N) is 1. The second-order valence-corrected chi connectivity index (χ2v) is 11.2. The van der Waals surface area contributed by atoms with Crippen LogP contribution < -0.4 is 0 Å². The van der Waals surface area contributed by atoms with E-state index in [1.807, 2.05) is 24.3 Å². The Hall–Kier alpha value is -4.90. The number of aromatic hydroxyl groups is 1. The van der Waals surface area contributed by atoms with E-state index in [-0.39, 0.29) is 38.5 Å². The SMILES string of the molecule is C[N-]c1c(O)cc(-c2ccc(-c3ccc4ccccc4c3)cc2)c2oc3ccccc3c12.[Y].c1ccc2c(c1)[nH]c1ccccc12. The summed E-state index contributed by atoms with van der Waals surface area (Å²) in [6.45, 7) is 0. The minimum absolute atomic E-state index is 0. The molecular weight excluding hydrogens is 641 g/mol. The number of rotatable bonds is 3. The van der Waals surface area contributed by atoms with E-state index in [9.17, 15) is 5.11 Å². The topological polar surface area (TPSA) is 63.3 Å². The van der Waals surface area contributed by atoms with Gasteiger partial charge in [-0.1, -0.05) is 121 Å². The third kappa shape index (κ3) is 5.24. The van der Waals surface area contributed by atoms with Crippen LogP contribution in [0.3, 0.4) is 0 Å². The molecule has 2 aromatic heterocycles. The first-order valence-electron chi connectivity index (χ1n) is 15.0. The summed E-state index contributed by atoms with van der Waals surface area (Å²) in [6.07, 6.45) is 0. The number of phenolic OH excluding ortho intramolecular Hbond substituents is 1. The third-order valence-electron chi connectivity index (χ3n) is 8.52. The van der Waals surface area contributed by atoms with E-state index in [1.54, 1.807) is 13.1 Å². The van der Waals surface area contributed by atoms with E-state index in [4.69, 9.17) is 4.42 Å². The average molecular weight is 671 g/mol. The molecule has 0 bridgehead atoms. The molecular formula is C41H29N2O2Y-. The molecule has 219 valence electrons. The van der Waals surface area contributed by atoms with Crippen molar-refractivity contribution in [1.29, 1.82) is 0 Å². The first kappa shape index (κ1) is 29.8. The molecule has 5 heteroatoms. The van der Waals surface area contributed by atoms with E-state index < -0.39 is 0 Å². The molecule has 9 rings (SSSR count). The largest absolute Gasteiger partial charge is 0.683 e. The second-order valence-electron chi connectivity index (χ2n) is 11.2. The van der Waals surface area contributed by atoms with E-state index in [1.165, 1.54) is 38.1 Å². The van der Waals surface area contributed by atoms with Gasteiger partial charge in [0.1, 0.15) is 16.9 Å². The fourth-order valence-corrected chi connectivity index (χ4v) is 6.32. The maximum Gasteiger partial charge on any atom is 0.142 e. The van der Waals surface area contributed by atoms with Crippen LogP contribution >= 0.6 is 0 Å². The maximum absolute atomic E-state index is 10.7. The summed E-state index contributed by atoms with van der Waals surface area (Å²) >= 11 is 0. The van der Waals surface area contributed by atoms with Gasteiger partial charge in [0.05, 0.1) is 0 Å². The van der Waals surface area contributed by atoms with Gasteiger partial charge in [-0.05, 0) is 57.8 Å². The standard InChI is InChI=1S/C29H20NO2.C12H9N.Y/c1-30-28-25(31)17-24(29-27(28)23-8-4-5-9-26(23)32-29)20-13-10-19(11-14-20)22-15-12-18-6-2-3-7-21(18)16-22;1-3-7-11-9(5-1)10-6-2-4-8-12(10)13-11;/h2-17,31H,1H3;1-8,13H;/q-1;;. The third-order valence-corrected chi connectivity index (χ3v) is 8.52. The molecule has 2 N–H and O–H groups in total. The first-order chi connectivity index (χ1) is 22.2. The van der Waals surface area contributed by atoms with Gasteiger partial charge in [0.2, 0.25) is 0 Å². The molecule has 46 heavy (non-hydrogen) atoms. The van der Waals surface area contributed by atoms with Gasteiger partial charge in [-0.25, -0.2) is 0 Å². The Morgan fingerprint density at radius 2 is 1.13 bits per heavy atom. The van der Waals surface area contributed by atoms with Crippen LogP contribution in [0.15, 0.2) is 150 Å². The molecule has 0 unspecified atom stereocenters. The van der Waals surface area contributed by atoms with Crippen molar-refractivity contribution in [3.05, 3.63) is 151 Å². The predicted octanol–water partition coefficient (Wildman–Crippen LogP) is 11.7. The Balaban J connectivity index is 0.000000201. The zero-order valence-corrected chi connectivity index (χ0v) is 28.1. The number of hydrogen-bond acceptors (Lipinski definition) is 2. The Labute approximate surface area is 291 Å². The Kier molecular flexibility index (Phi) is 8.08. The molecule has 0 spiro atoms. The summed E-state index contributed by atoms with van der Waals surface area (Å²) in [5.74, 6) is 0.153. The van der Waals surface area contributed by atoms with Crippen LogP contribution in [0.5, 0.6) is 5.75 Å². The number of para-hydroxylation sites is 3. The van der Waals surface area contributed by atoms with Crippen LogP contribution in [0.1, 0.15) is 0 Å². The van der Waals surface area contributed by atoms with Gasteiger partial charge in [-0.2, -0.15) is 0 Å². The quantitative estimate of drug-likeness (QED) is 0.197. The van der Waals surface area contributed by atoms with Gasteiger partial charge >= 0.3 is 0 Å². The minimum atomic E-state index is 0. The molecule has 0 saturated heterocycles. The fourth-order valence-electron chi connectivity index (χ4n) is 6.32. The zero-order valence-electron chi connectivity index (χ0n) is 25.2. The number of H-pyrrole nitrogens is 1. The van der Waals surface area contributed by atoms with Gasteiger partial charge in [-0.15, -0.1) is 7.05 Å². The molecule has 0 amide bonds. The molecule has 2 heterocycles. The number of aromatic amines is 1. The molecule has 0 aliphatic rings. The van der Waals surface area contributed by atoms with Crippen LogP contribution in [0.25, 0.3) is 82.1 Å². The van der Waals surface area contributed by atoms with Gasteiger partial charge < -0.3 is 19.8 Å². The Morgan fingerprint density at radius 1 is 0.565 bits per heavy atom. The van der Waals surface area contributed by atoms with Crippen molar-refractivity contribution in [3.63, 3.8) is 0 Å². The normalized spacial score (nSPS) is 11.1. The summed E-state index contributed by atoms with van der Waals surface area (Å²) < 4.78 is 6.23. The molecule has 0 atom stereocenters. The Bertz CT molecular complexity index is 2440. The number of aromatic nitrogens is 1. The molecule has 0 aliphatic carbocycles. The Morgan fingerprint density at radius 3 is 1.83 bits per heavy atom. The molecule has 4 nitrogen and oxygen atoms in total. The van der Waals surface area contributed by atoms with Crippen molar-refractivity contribution in [2.75, 3.05) is 7.05 Å². The van der Waals surface area contributed by atoms with Crippen LogP contribution in [0.2, 0.25) is 0 Å². The van der Waals surface area contributed by atoms with E-state index in [2.05, 4.69) is 126 Å². The molecule has 1 radical (unpaired) electrons. The average Bonchev–Trinajstić information content (AvgIpc) is 3.67. The first-order valence-corrected chi connectivity index (χ1v) is 15.0. The van der Waals surface area contributed by atoms with Crippen molar-refractivity contribution < 1.29 is 42.2 Å². The van der Waals surface area contributed by atoms with E-state index in [0.717, 1.165) is 38.6 Å². The molecule has 0 saturated carbocycles. The van der Waals surface area contributed by atoms with Crippen molar-refractivity contribution in [3.8, 4) is 28.0 Å². The summed E-state index contributed by atoms with van der Waals surface area (Å²) in [7, 11) is 1.69. The number of hydrogen-bond donors (Lipinski definition) is 2. The summed E-state index contributed by atoms with van der Waals surface area (Å²) in [5, 5.41) is 21.9. The monoisotopic (exact) mass is 670 g/mol. The summed E-state index contributed by atoms with van der Waals surface area (Å²) in [6, 6.07) is 49.7. The van der Waals surface area contributed by atoms with Crippen molar-refractivity contribution >= 4 is 60.2 Å². The van der Waals surface area contributed by atoms with Gasteiger partial charge in [0.15, 0.2) is 0 Å². The minimum Gasteiger partial charge on any atom is -0.683 e. The summed E-state index contributed by atoms with van der Waals surface area (Å²) in [4.78, 5) is 3.38. The van der Waals surface area contributed by atoms with Gasteiger partial charge in [0.25, 0.3) is 0 Å². The number of nitrogens with one attached hydrogen (secondary N) is 1. The van der Waals surface area contributed by atoms with Crippen LogP contribution in [-0.4, -0.2) is 17.1 Å². The zero-order chi connectivity index (χ0) is 30.3. The van der Waals surface area contributed by atoms with Gasteiger partial charge in [-0.3, -0.25) is 0 Å². The smallest absolute Gasteiger partial charge is 0.142 e. The number of furan rings is 1. The summed E-state index contributed by atoms with van der Waals surface area (Å²) in [5.41, 5.74) is 8.66. The van der Waals surface area contributed by atoms with Crippen molar-refractivity contribution in [2.45, 2.75) is 0 Å². The van der Waals surface area contributed by atoms with Crippen molar-refractivity contribution in [2.24, 2.45) is 0 Å². The van der Waals surface area contributed by atoms with Gasteiger partial charge in [0, 0.05) is 70.9 Å². The maximum atomic E-state index is 10.7. The number of benzene rings is 7. The van der Waals surface area contributed by atoms with E-state index >= 15 is 0 Å². The van der Waals surface area contributed by atoms with E-state index in [0.29, 0.717) is 5.69 Å². The fraction of sp³-hybridized carbons (Fsp3) is 0.0244. The predicted molar refractivity (Wildman–Crippen MR) is 189 cm³/mol. The van der Waals surface area contributed by atoms with Crippen LogP contribution in [0, 0.1) is 0 Å². The number of phenols is 1. The molecule has 0 fully saturated rings.